The molecule has 0 amide bonds. The second-order valence-electron chi connectivity index (χ2n) is 9.17. The SMILES string of the molecule is CC(C)Oc1ccccc1-c1ccc(C2CC(C(O)(C(F)(F)F)C(F)(F)F)=NN2c2ccccc2Cl)cc1F. The van der Waals surface area contributed by atoms with Crippen LogP contribution in [0.15, 0.2) is 71.8 Å². The van der Waals surface area contributed by atoms with Crippen molar-refractivity contribution in [3.63, 3.8) is 0 Å². The van der Waals surface area contributed by atoms with E-state index in [-0.39, 0.29) is 27.9 Å². The molecule has 0 radical (unpaired) electrons. The van der Waals surface area contributed by atoms with Crippen molar-refractivity contribution in [2.45, 2.75) is 50.4 Å². The molecule has 208 valence electrons. The number of hydrazone groups is 1. The Bertz CT molecular complexity index is 1380. The van der Waals surface area contributed by atoms with E-state index in [1.54, 1.807) is 38.1 Å². The maximum absolute atomic E-state index is 15.5. The van der Waals surface area contributed by atoms with Gasteiger partial charge in [-0.25, -0.2) is 4.39 Å². The summed E-state index contributed by atoms with van der Waals surface area (Å²) in [5.74, 6) is -0.398. The molecule has 0 aromatic heterocycles. The zero-order valence-electron chi connectivity index (χ0n) is 20.5. The lowest BCUT2D eigenvalue weighted by Gasteiger charge is -2.32. The number of ether oxygens (including phenoxy) is 1. The third-order valence-corrected chi connectivity index (χ3v) is 6.49. The van der Waals surface area contributed by atoms with Crippen molar-refractivity contribution < 1.29 is 40.6 Å². The summed E-state index contributed by atoms with van der Waals surface area (Å²) in [5, 5.41) is 14.4. The van der Waals surface area contributed by atoms with E-state index in [9.17, 15) is 31.4 Å². The molecule has 39 heavy (non-hydrogen) atoms. The number of para-hydroxylation sites is 2. The highest BCUT2D eigenvalue weighted by Crippen LogP contribution is 2.49. The largest absolute Gasteiger partial charge is 0.490 e. The molecule has 0 saturated carbocycles. The summed E-state index contributed by atoms with van der Waals surface area (Å²) in [6.07, 6.45) is -13.5. The standard InChI is InChI=1S/C27H22ClF7N2O2/c1-15(2)39-23-10-6-3-7-18(23)17-12-11-16(13-20(17)29)22-14-24(25(38,26(30,31)32)27(33,34)35)36-37(22)21-9-5-4-8-19(21)28/h3-13,15,22,38H,14H2,1-2H3. The van der Waals surface area contributed by atoms with Crippen LogP contribution >= 0.6 is 11.6 Å². The van der Waals surface area contributed by atoms with E-state index >= 15 is 4.39 Å². The molecule has 0 aliphatic carbocycles. The van der Waals surface area contributed by atoms with Crippen molar-refractivity contribution in [2.75, 3.05) is 5.01 Å². The maximum Gasteiger partial charge on any atom is 0.431 e. The molecule has 0 spiro atoms. The van der Waals surface area contributed by atoms with Crippen LogP contribution < -0.4 is 9.75 Å². The second kappa shape index (κ2) is 10.3. The molecule has 3 aromatic rings. The number of alkyl halides is 6. The third-order valence-electron chi connectivity index (χ3n) is 6.17. The van der Waals surface area contributed by atoms with Gasteiger partial charge in [0.05, 0.1) is 28.6 Å². The number of nitrogens with zero attached hydrogens (tertiary/aromatic N) is 2. The predicted octanol–water partition coefficient (Wildman–Crippen LogP) is 8.10. The highest BCUT2D eigenvalue weighted by atomic mass is 35.5. The molecule has 1 aliphatic heterocycles. The summed E-state index contributed by atoms with van der Waals surface area (Å²) in [4.78, 5) is 0. The number of rotatable bonds is 6. The fourth-order valence-corrected chi connectivity index (χ4v) is 4.56. The minimum absolute atomic E-state index is 0.0175. The van der Waals surface area contributed by atoms with E-state index in [1.807, 2.05) is 0 Å². The van der Waals surface area contributed by atoms with Crippen molar-refractivity contribution in [3.8, 4) is 16.9 Å². The lowest BCUT2D eigenvalue weighted by molar-refractivity contribution is -0.338. The zero-order chi connectivity index (χ0) is 28.8. The average molecular weight is 575 g/mol. The van der Waals surface area contributed by atoms with Gasteiger partial charge in [-0.2, -0.15) is 31.4 Å². The van der Waals surface area contributed by atoms with Crippen LogP contribution in [0.5, 0.6) is 5.75 Å². The summed E-state index contributed by atoms with van der Waals surface area (Å²) >= 11 is 6.19. The molecule has 0 fully saturated rings. The monoisotopic (exact) mass is 574 g/mol. The van der Waals surface area contributed by atoms with Crippen LogP contribution in [-0.4, -0.2) is 34.9 Å². The van der Waals surface area contributed by atoms with Gasteiger partial charge in [0.25, 0.3) is 5.60 Å². The molecule has 0 bridgehead atoms. The van der Waals surface area contributed by atoms with E-state index in [4.69, 9.17) is 16.3 Å². The van der Waals surface area contributed by atoms with E-state index in [0.717, 1.165) is 11.1 Å². The van der Waals surface area contributed by atoms with Gasteiger partial charge in [0.2, 0.25) is 0 Å². The van der Waals surface area contributed by atoms with Gasteiger partial charge in [-0.05, 0) is 43.7 Å². The first-order valence-corrected chi connectivity index (χ1v) is 12.1. The average Bonchev–Trinajstić information content (AvgIpc) is 3.28. The summed E-state index contributed by atoms with van der Waals surface area (Å²) in [6, 6.07) is 14.7. The molecule has 1 unspecified atom stereocenters. The van der Waals surface area contributed by atoms with Crippen LogP contribution in [0, 0.1) is 5.82 Å². The molecule has 12 heteroatoms. The summed E-state index contributed by atoms with van der Waals surface area (Å²) in [5.41, 5.74) is -6.30. The van der Waals surface area contributed by atoms with Gasteiger partial charge >= 0.3 is 12.4 Å². The lowest BCUT2D eigenvalue weighted by atomic mass is 9.89. The summed E-state index contributed by atoms with van der Waals surface area (Å²) in [6.45, 7) is 3.58. The number of benzene rings is 3. The minimum Gasteiger partial charge on any atom is -0.490 e. The third kappa shape index (κ3) is 5.29. The van der Waals surface area contributed by atoms with Crippen LogP contribution in [0.2, 0.25) is 5.02 Å². The van der Waals surface area contributed by atoms with Gasteiger partial charge < -0.3 is 9.84 Å². The number of aliphatic hydroxyl groups is 1. The highest BCUT2D eigenvalue weighted by Gasteiger charge is 2.74. The van der Waals surface area contributed by atoms with Crippen LogP contribution in [-0.2, 0) is 0 Å². The predicted molar refractivity (Wildman–Crippen MR) is 133 cm³/mol. The fraction of sp³-hybridized carbons (Fsp3) is 0.296. The smallest absolute Gasteiger partial charge is 0.431 e. The topological polar surface area (TPSA) is 45.1 Å². The zero-order valence-corrected chi connectivity index (χ0v) is 21.2. The minimum atomic E-state index is -6.12. The van der Waals surface area contributed by atoms with Crippen LogP contribution in [0.1, 0.15) is 31.9 Å². The molecule has 4 rings (SSSR count). The Balaban J connectivity index is 1.82. The van der Waals surface area contributed by atoms with E-state index in [2.05, 4.69) is 5.10 Å². The Morgan fingerprint density at radius 1 is 0.923 bits per heavy atom. The van der Waals surface area contributed by atoms with Crippen molar-refractivity contribution >= 4 is 23.0 Å². The number of hydrogen-bond acceptors (Lipinski definition) is 4. The van der Waals surface area contributed by atoms with Crippen molar-refractivity contribution in [3.05, 3.63) is 83.1 Å². The van der Waals surface area contributed by atoms with Gasteiger partial charge in [0.1, 0.15) is 11.6 Å². The normalized spacial score (nSPS) is 16.6. The van der Waals surface area contributed by atoms with Gasteiger partial charge in [0.15, 0.2) is 0 Å². The molecule has 0 saturated heterocycles. The van der Waals surface area contributed by atoms with E-state index in [0.29, 0.717) is 11.3 Å². The number of hydrogen-bond donors (Lipinski definition) is 1. The first-order valence-electron chi connectivity index (χ1n) is 11.7. The second-order valence-corrected chi connectivity index (χ2v) is 9.58. The quantitative estimate of drug-likeness (QED) is 0.303. The molecular weight excluding hydrogens is 553 g/mol. The maximum atomic E-state index is 15.5. The summed E-state index contributed by atoms with van der Waals surface area (Å²) in [7, 11) is 0. The first-order chi connectivity index (χ1) is 18.1. The Kier molecular flexibility index (Phi) is 7.61. The van der Waals surface area contributed by atoms with Crippen LogP contribution in [0.25, 0.3) is 11.1 Å². The van der Waals surface area contributed by atoms with E-state index < -0.39 is 41.9 Å². The Hall–Kier alpha value is -3.31. The molecular formula is C27H22ClF7N2O2. The first kappa shape index (κ1) is 28.7. The van der Waals surface area contributed by atoms with Crippen LogP contribution in [0.3, 0.4) is 0 Å². The van der Waals surface area contributed by atoms with Gasteiger partial charge in [0, 0.05) is 17.5 Å². The Labute approximate surface area is 224 Å². The molecule has 3 aromatic carbocycles. The molecule has 1 atom stereocenters. The summed E-state index contributed by atoms with van der Waals surface area (Å²) < 4.78 is 103. The van der Waals surface area contributed by atoms with Crippen molar-refractivity contribution in [1.82, 2.24) is 0 Å². The van der Waals surface area contributed by atoms with Gasteiger partial charge in [-0.3, -0.25) is 5.01 Å². The van der Waals surface area contributed by atoms with E-state index in [1.165, 1.54) is 36.4 Å². The number of halogens is 8. The number of anilines is 1. The fourth-order valence-electron chi connectivity index (χ4n) is 4.34. The molecule has 1 aliphatic rings. The lowest BCUT2D eigenvalue weighted by Crippen LogP contribution is -2.62. The van der Waals surface area contributed by atoms with Crippen molar-refractivity contribution in [1.29, 1.82) is 0 Å². The highest BCUT2D eigenvalue weighted by molar-refractivity contribution is 6.33. The Morgan fingerprint density at radius 2 is 1.54 bits per heavy atom. The van der Waals surface area contributed by atoms with Gasteiger partial charge in [-0.15, -0.1) is 0 Å². The van der Waals surface area contributed by atoms with Crippen molar-refractivity contribution in [2.24, 2.45) is 5.10 Å². The molecule has 4 nitrogen and oxygen atoms in total. The Morgan fingerprint density at radius 3 is 2.13 bits per heavy atom. The molecule has 1 heterocycles. The van der Waals surface area contributed by atoms with Gasteiger partial charge in [-0.1, -0.05) is 54.1 Å². The molecule has 1 N–H and O–H groups in total. The van der Waals surface area contributed by atoms with Crippen LogP contribution in [0.4, 0.5) is 36.4 Å².